The lowest BCUT2D eigenvalue weighted by molar-refractivity contribution is 0.0924. The minimum atomic E-state index is 0.440. The van der Waals surface area contributed by atoms with Crippen LogP contribution in [0.2, 0.25) is 0 Å². The van der Waals surface area contributed by atoms with Crippen molar-refractivity contribution in [3.05, 3.63) is 12.2 Å². The van der Waals surface area contributed by atoms with Gasteiger partial charge < -0.3 is 4.74 Å². The molecule has 2 aliphatic rings. The van der Waals surface area contributed by atoms with Crippen LogP contribution in [0.5, 0.6) is 0 Å². The molecule has 2 fully saturated rings. The van der Waals surface area contributed by atoms with E-state index in [1.54, 1.807) is 0 Å². The fraction of sp³-hybridized carbons (Fsp3) is 0.818. The fourth-order valence-corrected chi connectivity index (χ4v) is 2.07. The minimum absolute atomic E-state index is 0.440. The molecule has 0 N–H and O–H groups in total. The first kappa shape index (κ1) is 9.22. The van der Waals surface area contributed by atoms with Crippen molar-refractivity contribution in [3.63, 3.8) is 0 Å². The normalized spacial score (nSPS) is 28.1. The third-order valence-electron chi connectivity index (χ3n) is 3.15. The summed E-state index contributed by atoms with van der Waals surface area (Å²) in [5.74, 6) is 0. The first-order chi connectivity index (χ1) is 6.37. The van der Waals surface area contributed by atoms with E-state index in [0.717, 1.165) is 19.8 Å². The Bertz CT molecular complexity index is 196. The molecule has 2 rings (SSSR count). The molecule has 0 radical (unpaired) electrons. The standard InChI is InChI=1S/C11H19NO/c1-2-3-7-12-8-4-9-13-10-11(12)5-6-11/h2-3H,4-10H2,1H3/b3-2+. The smallest absolute Gasteiger partial charge is 0.0650 e. The number of ether oxygens (including phenoxy) is 1. The molecule has 0 bridgehead atoms. The van der Waals surface area contributed by atoms with Crippen LogP contribution in [0.25, 0.3) is 0 Å². The number of rotatable bonds is 2. The lowest BCUT2D eigenvalue weighted by Gasteiger charge is -2.27. The molecule has 0 amide bonds. The SMILES string of the molecule is C/C=C/CN1CCCOCC12CC2. The van der Waals surface area contributed by atoms with Gasteiger partial charge >= 0.3 is 0 Å². The van der Waals surface area contributed by atoms with Crippen molar-refractivity contribution < 1.29 is 4.74 Å². The number of nitrogens with zero attached hydrogens (tertiary/aromatic N) is 1. The second-order valence-electron chi connectivity index (χ2n) is 4.15. The molecule has 2 heteroatoms. The van der Waals surface area contributed by atoms with Crippen molar-refractivity contribution in [2.75, 3.05) is 26.3 Å². The highest BCUT2D eigenvalue weighted by atomic mass is 16.5. The minimum Gasteiger partial charge on any atom is -0.379 e. The molecular formula is C11H19NO. The Hall–Kier alpha value is -0.340. The summed E-state index contributed by atoms with van der Waals surface area (Å²) in [4.78, 5) is 2.60. The van der Waals surface area contributed by atoms with Gasteiger partial charge in [0, 0.05) is 25.2 Å². The molecule has 0 aromatic carbocycles. The molecule has 0 aromatic rings. The van der Waals surface area contributed by atoms with E-state index in [4.69, 9.17) is 4.74 Å². The maximum atomic E-state index is 5.62. The zero-order valence-electron chi connectivity index (χ0n) is 8.46. The molecule has 1 heterocycles. The Morgan fingerprint density at radius 1 is 1.46 bits per heavy atom. The molecule has 1 aliphatic heterocycles. The maximum absolute atomic E-state index is 5.62. The Morgan fingerprint density at radius 2 is 2.31 bits per heavy atom. The van der Waals surface area contributed by atoms with Crippen LogP contribution in [-0.2, 0) is 4.74 Å². The predicted molar refractivity (Wildman–Crippen MR) is 53.8 cm³/mol. The second-order valence-corrected chi connectivity index (χ2v) is 4.15. The summed E-state index contributed by atoms with van der Waals surface area (Å²) in [6.45, 7) is 6.33. The molecule has 1 saturated carbocycles. The third-order valence-corrected chi connectivity index (χ3v) is 3.15. The molecule has 1 spiro atoms. The number of hydrogen-bond acceptors (Lipinski definition) is 2. The molecule has 0 atom stereocenters. The van der Waals surface area contributed by atoms with Gasteiger partial charge in [-0.1, -0.05) is 12.2 Å². The van der Waals surface area contributed by atoms with Crippen molar-refractivity contribution in [2.24, 2.45) is 0 Å². The zero-order valence-corrected chi connectivity index (χ0v) is 8.46. The topological polar surface area (TPSA) is 12.5 Å². The van der Waals surface area contributed by atoms with Crippen molar-refractivity contribution in [1.29, 1.82) is 0 Å². The van der Waals surface area contributed by atoms with E-state index >= 15 is 0 Å². The van der Waals surface area contributed by atoms with Gasteiger partial charge in [-0.25, -0.2) is 0 Å². The van der Waals surface area contributed by atoms with Gasteiger partial charge in [0.2, 0.25) is 0 Å². The molecular weight excluding hydrogens is 162 g/mol. The van der Waals surface area contributed by atoms with Gasteiger partial charge in [-0.15, -0.1) is 0 Å². The van der Waals surface area contributed by atoms with E-state index in [9.17, 15) is 0 Å². The zero-order chi connectivity index (χ0) is 9.15. The first-order valence-corrected chi connectivity index (χ1v) is 5.31. The van der Waals surface area contributed by atoms with Gasteiger partial charge in [0.15, 0.2) is 0 Å². The molecule has 13 heavy (non-hydrogen) atoms. The summed E-state index contributed by atoms with van der Waals surface area (Å²) < 4.78 is 5.62. The van der Waals surface area contributed by atoms with E-state index in [-0.39, 0.29) is 0 Å². The van der Waals surface area contributed by atoms with Gasteiger partial charge in [-0.2, -0.15) is 0 Å². The van der Waals surface area contributed by atoms with Crippen LogP contribution in [-0.4, -0.2) is 36.7 Å². The van der Waals surface area contributed by atoms with Crippen LogP contribution in [0.3, 0.4) is 0 Å². The summed E-state index contributed by atoms with van der Waals surface area (Å²) in [6.07, 6.45) is 8.27. The van der Waals surface area contributed by atoms with Crippen molar-refractivity contribution >= 4 is 0 Å². The summed E-state index contributed by atoms with van der Waals surface area (Å²) in [7, 11) is 0. The van der Waals surface area contributed by atoms with E-state index in [2.05, 4.69) is 24.0 Å². The Labute approximate surface area is 80.6 Å². The average Bonchev–Trinajstić information content (AvgIpc) is 2.93. The van der Waals surface area contributed by atoms with Crippen LogP contribution < -0.4 is 0 Å². The lowest BCUT2D eigenvalue weighted by atomic mass is 10.2. The average molecular weight is 181 g/mol. The molecule has 0 unspecified atom stereocenters. The van der Waals surface area contributed by atoms with Crippen molar-refractivity contribution in [3.8, 4) is 0 Å². The quantitative estimate of drug-likeness (QED) is 0.602. The lowest BCUT2D eigenvalue weighted by Crippen LogP contribution is -2.39. The maximum Gasteiger partial charge on any atom is 0.0650 e. The van der Waals surface area contributed by atoms with Gasteiger partial charge in [-0.3, -0.25) is 4.90 Å². The Balaban J connectivity index is 1.96. The second kappa shape index (κ2) is 3.81. The van der Waals surface area contributed by atoms with E-state index < -0.39 is 0 Å². The number of hydrogen-bond donors (Lipinski definition) is 0. The van der Waals surface area contributed by atoms with Crippen LogP contribution >= 0.6 is 0 Å². The predicted octanol–water partition coefficient (Wildman–Crippen LogP) is 1.82. The van der Waals surface area contributed by atoms with E-state index in [1.807, 2.05) is 0 Å². The summed E-state index contributed by atoms with van der Waals surface area (Å²) in [6, 6.07) is 0. The Morgan fingerprint density at radius 3 is 3.00 bits per heavy atom. The highest BCUT2D eigenvalue weighted by Gasteiger charge is 2.48. The van der Waals surface area contributed by atoms with Crippen molar-refractivity contribution in [2.45, 2.75) is 31.7 Å². The van der Waals surface area contributed by atoms with Gasteiger partial charge in [-0.05, 0) is 26.2 Å². The summed E-state index contributed by atoms with van der Waals surface area (Å²) in [5.41, 5.74) is 0.440. The molecule has 0 aromatic heterocycles. The summed E-state index contributed by atoms with van der Waals surface area (Å²) in [5, 5.41) is 0. The molecule has 1 aliphatic carbocycles. The molecule has 74 valence electrons. The van der Waals surface area contributed by atoms with E-state index in [0.29, 0.717) is 5.54 Å². The van der Waals surface area contributed by atoms with E-state index in [1.165, 1.54) is 25.8 Å². The Kier molecular flexibility index (Phi) is 2.70. The summed E-state index contributed by atoms with van der Waals surface area (Å²) >= 11 is 0. The molecule has 1 saturated heterocycles. The highest BCUT2D eigenvalue weighted by molar-refractivity contribution is 5.06. The van der Waals surface area contributed by atoms with Crippen LogP contribution in [0.15, 0.2) is 12.2 Å². The van der Waals surface area contributed by atoms with Gasteiger partial charge in [0.05, 0.1) is 6.61 Å². The molecule has 2 nitrogen and oxygen atoms in total. The van der Waals surface area contributed by atoms with Crippen LogP contribution in [0, 0.1) is 0 Å². The van der Waals surface area contributed by atoms with Crippen LogP contribution in [0.1, 0.15) is 26.2 Å². The van der Waals surface area contributed by atoms with Gasteiger partial charge in [0.25, 0.3) is 0 Å². The third kappa shape index (κ3) is 1.94. The monoisotopic (exact) mass is 181 g/mol. The van der Waals surface area contributed by atoms with Gasteiger partial charge in [0.1, 0.15) is 0 Å². The largest absolute Gasteiger partial charge is 0.379 e. The first-order valence-electron chi connectivity index (χ1n) is 5.31. The van der Waals surface area contributed by atoms with Crippen LogP contribution in [0.4, 0.5) is 0 Å². The number of allylic oxidation sites excluding steroid dienone is 1. The highest BCUT2D eigenvalue weighted by Crippen LogP contribution is 2.42. The van der Waals surface area contributed by atoms with Crippen molar-refractivity contribution in [1.82, 2.24) is 4.90 Å². The fourth-order valence-electron chi connectivity index (χ4n) is 2.07.